The Bertz CT molecular complexity index is 639. The quantitative estimate of drug-likeness (QED) is 0.942. The molecule has 0 saturated carbocycles. The van der Waals surface area contributed by atoms with Crippen molar-refractivity contribution in [2.75, 3.05) is 6.61 Å². The number of benzene rings is 2. The summed E-state index contributed by atoms with van der Waals surface area (Å²) in [5.74, 6) is 0.875. The third-order valence-corrected chi connectivity index (χ3v) is 3.82. The van der Waals surface area contributed by atoms with Gasteiger partial charge in [0, 0.05) is 17.0 Å². The van der Waals surface area contributed by atoms with Crippen molar-refractivity contribution in [1.82, 2.24) is 5.32 Å². The molecule has 1 amide bonds. The fourth-order valence-corrected chi connectivity index (χ4v) is 2.65. The van der Waals surface area contributed by atoms with E-state index in [2.05, 4.69) is 5.32 Å². The molecule has 4 heteroatoms. The summed E-state index contributed by atoms with van der Waals surface area (Å²) < 4.78 is 5.60. The van der Waals surface area contributed by atoms with Gasteiger partial charge in [0.25, 0.3) is 0 Å². The monoisotopic (exact) mass is 301 g/mol. The first-order valence-electron chi connectivity index (χ1n) is 6.98. The van der Waals surface area contributed by atoms with Crippen LogP contribution in [0.2, 0.25) is 5.02 Å². The SMILES string of the molecule is O=C(Cc1ccc(Cl)cc1)N[C@H]1CCOc2ccccc21. The molecule has 0 bridgehead atoms. The molecule has 0 spiro atoms. The van der Waals surface area contributed by atoms with Crippen molar-refractivity contribution < 1.29 is 9.53 Å². The van der Waals surface area contributed by atoms with Gasteiger partial charge in [-0.1, -0.05) is 41.9 Å². The van der Waals surface area contributed by atoms with Crippen LogP contribution in [0.4, 0.5) is 0 Å². The number of hydrogen-bond donors (Lipinski definition) is 1. The number of carbonyl (C=O) groups excluding carboxylic acids is 1. The van der Waals surface area contributed by atoms with Gasteiger partial charge in [0.15, 0.2) is 0 Å². The normalized spacial score (nSPS) is 16.7. The lowest BCUT2D eigenvalue weighted by molar-refractivity contribution is -0.121. The molecule has 2 aromatic rings. The summed E-state index contributed by atoms with van der Waals surface area (Å²) in [6, 6.07) is 15.2. The van der Waals surface area contributed by atoms with Gasteiger partial charge in [-0.3, -0.25) is 4.79 Å². The molecule has 0 aliphatic carbocycles. The number of rotatable bonds is 3. The molecule has 0 saturated heterocycles. The van der Waals surface area contributed by atoms with E-state index in [9.17, 15) is 4.79 Å². The van der Waals surface area contributed by atoms with E-state index < -0.39 is 0 Å². The Kier molecular flexibility index (Phi) is 4.11. The van der Waals surface area contributed by atoms with Crippen LogP contribution < -0.4 is 10.1 Å². The van der Waals surface area contributed by atoms with E-state index in [1.807, 2.05) is 36.4 Å². The zero-order chi connectivity index (χ0) is 14.7. The van der Waals surface area contributed by atoms with Gasteiger partial charge in [0.05, 0.1) is 19.1 Å². The number of amides is 1. The molecule has 108 valence electrons. The first kappa shape index (κ1) is 14.0. The van der Waals surface area contributed by atoms with Crippen LogP contribution in [0.25, 0.3) is 0 Å². The van der Waals surface area contributed by atoms with E-state index in [0.29, 0.717) is 18.1 Å². The second-order valence-corrected chi connectivity index (χ2v) is 5.53. The maximum Gasteiger partial charge on any atom is 0.224 e. The Morgan fingerprint density at radius 1 is 1.19 bits per heavy atom. The number of ether oxygens (including phenoxy) is 1. The largest absolute Gasteiger partial charge is 0.493 e. The predicted octanol–water partition coefficient (Wildman–Crippen LogP) is 3.52. The molecule has 0 unspecified atom stereocenters. The summed E-state index contributed by atoms with van der Waals surface area (Å²) in [7, 11) is 0. The Hall–Kier alpha value is -2.00. The lowest BCUT2D eigenvalue weighted by Gasteiger charge is -2.26. The molecule has 2 aromatic carbocycles. The van der Waals surface area contributed by atoms with Crippen LogP contribution in [-0.2, 0) is 11.2 Å². The molecule has 1 aliphatic heterocycles. The third-order valence-electron chi connectivity index (χ3n) is 3.57. The minimum Gasteiger partial charge on any atom is -0.493 e. The third kappa shape index (κ3) is 3.37. The average Bonchev–Trinajstić information content (AvgIpc) is 2.50. The number of para-hydroxylation sites is 1. The molecule has 1 N–H and O–H groups in total. The summed E-state index contributed by atoms with van der Waals surface area (Å²) in [5, 5.41) is 3.76. The molecule has 0 radical (unpaired) electrons. The van der Waals surface area contributed by atoms with Crippen LogP contribution in [0.15, 0.2) is 48.5 Å². The van der Waals surface area contributed by atoms with Crippen LogP contribution in [0.1, 0.15) is 23.6 Å². The van der Waals surface area contributed by atoms with Gasteiger partial charge in [-0.25, -0.2) is 0 Å². The molecule has 21 heavy (non-hydrogen) atoms. The van der Waals surface area contributed by atoms with Crippen molar-refractivity contribution in [2.45, 2.75) is 18.9 Å². The Labute approximate surface area is 128 Å². The molecule has 1 heterocycles. The lowest BCUT2D eigenvalue weighted by Crippen LogP contribution is -2.33. The zero-order valence-corrected chi connectivity index (χ0v) is 12.3. The molecule has 0 fully saturated rings. The Morgan fingerprint density at radius 3 is 2.76 bits per heavy atom. The molecule has 0 aromatic heterocycles. The highest BCUT2D eigenvalue weighted by atomic mass is 35.5. The van der Waals surface area contributed by atoms with Crippen molar-refractivity contribution in [3.8, 4) is 5.75 Å². The minimum absolute atomic E-state index is 0.0130. The summed E-state index contributed by atoms with van der Waals surface area (Å²) >= 11 is 5.85. The molecule has 1 atom stereocenters. The summed E-state index contributed by atoms with van der Waals surface area (Å²) in [6.07, 6.45) is 1.15. The van der Waals surface area contributed by atoms with Crippen LogP contribution in [0, 0.1) is 0 Å². The Morgan fingerprint density at radius 2 is 1.95 bits per heavy atom. The number of fused-ring (bicyclic) bond motifs is 1. The second kappa shape index (κ2) is 6.19. The molecule has 1 aliphatic rings. The zero-order valence-electron chi connectivity index (χ0n) is 11.5. The van der Waals surface area contributed by atoms with Gasteiger partial charge in [-0.2, -0.15) is 0 Å². The second-order valence-electron chi connectivity index (χ2n) is 5.10. The first-order chi connectivity index (χ1) is 10.2. The topological polar surface area (TPSA) is 38.3 Å². The maximum absolute atomic E-state index is 12.2. The van der Waals surface area contributed by atoms with Gasteiger partial charge in [-0.05, 0) is 23.8 Å². The molecular formula is C17H16ClNO2. The van der Waals surface area contributed by atoms with E-state index in [0.717, 1.165) is 23.3 Å². The maximum atomic E-state index is 12.2. The fourth-order valence-electron chi connectivity index (χ4n) is 2.53. The van der Waals surface area contributed by atoms with Crippen molar-refractivity contribution in [3.05, 3.63) is 64.7 Å². The standard InChI is InChI=1S/C17H16ClNO2/c18-13-7-5-12(6-8-13)11-17(20)19-15-9-10-21-16-4-2-1-3-14(15)16/h1-8,15H,9-11H2,(H,19,20)/t15-/m0/s1. The van der Waals surface area contributed by atoms with E-state index in [1.165, 1.54) is 0 Å². The van der Waals surface area contributed by atoms with Crippen molar-refractivity contribution in [2.24, 2.45) is 0 Å². The fraction of sp³-hybridized carbons (Fsp3) is 0.235. The smallest absolute Gasteiger partial charge is 0.224 e. The first-order valence-corrected chi connectivity index (χ1v) is 7.36. The number of carbonyl (C=O) groups is 1. The van der Waals surface area contributed by atoms with E-state index >= 15 is 0 Å². The van der Waals surface area contributed by atoms with Crippen LogP contribution in [-0.4, -0.2) is 12.5 Å². The van der Waals surface area contributed by atoms with Crippen LogP contribution in [0.5, 0.6) is 5.75 Å². The van der Waals surface area contributed by atoms with E-state index in [1.54, 1.807) is 12.1 Å². The van der Waals surface area contributed by atoms with Gasteiger partial charge < -0.3 is 10.1 Å². The number of hydrogen-bond acceptors (Lipinski definition) is 2. The van der Waals surface area contributed by atoms with Gasteiger partial charge >= 0.3 is 0 Å². The van der Waals surface area contributed by atoms with Crippen LogP contribution in [0.3, 0.4) is 0 Å². The summed E-state index contributed by atoms with van der Waals surface area (Å²) in [6.45, 7) is 0.628. The highest BCUT2D eigenvalue weighted by Crippen LogP contribution is 2.31. The Balaban J connectivity index is 1.67. The van der Waals surface area contributed by atoms with E-state index in [4.69, 9.17) is 16.3 Å². The van der Waals surface area contributed by atoms with Gasteiger partial charge in [-0.15, -0.1) is 0 Å². The van der Waals surface area contributed by atoms with Crippen LogP contribution >= 0.6 is 11.6 Å². The molecule has 3 nitrogen and oxygen atoms in total. The minimum atomic E-state index is 0.0130. The highest BCUT2D eigenvalue weighted by Gasteiger charge is 2.22. The van der Waals surface area contributed by atoms with Crippen molar-refractivity contribution in [3.63, 3.8) is 0 Å². The van der Waals surface area contributed by atoms with Gasteiger partial charge in [0.1, 0.15) is 5.75 Å². The van der Waals surface area contributed by atoms with Crippen molar-refractivity contribution >= 4 is 17.5 Å². The van der Waals surface area contributed by atoms with Crippen molar-refractivity contribution in [1.29, 1.82) is 0 Å². The van der Waals surface area contributed by atoms with Gasteiger partial charge in [0.2, 0.25) is 5.91 Å². The van der Waals surface area contributed by atoms with E-state index in [-0.39, 0.29) is 11.9 Å². The average molecular weight is 302 g/mol. The number of nitrogens with one attached hydrogen (secondary N) is 1. The summed E-state index contributed by atoms with van der Waals surface area (Å²) in [5.41, 5.74) is 2.01. The highest BCUT2D eigenvalue weighted by molar-refractivity contribution is 6.30. The lowest BCUT2D eigenvalue weighted by atomic mass is 10.00. The molecular weight excluding hydrogens is 286 g/mol. The predicted molar refractivity (Wildman–Crippen MR) is 82.6 cm³/mol. The number of halogens is 1. The molecule has 3 rings (SSSR count). The summed E-state index contributed by atoms with van der Waals surface area (Å²) in [4.78, 5) is 12.2.